The van der Waals surface area contributed by atoms with E-state index in [0.717, 1.165) is 25.9 Å². The van der Waals surface area contributed by atoms with Crippen molar-refractivity contribution in [2.75, 3.05) is 30.0 Å². The highest BCUT2D eigenvalue weighted by Crippen LogP contribution is 2.34. The van der Waals surface area contributed by atoms with Crippen LogP contribution in [0.15, 0.2) is 4.90 Å². The number of piperidine rings is 1. The number of nitrogen functional groups attached to an aromatic ring is 1. The first kappa shape index (κ1) is 16.1. The Morgan fingerprint density at radius 3 is 2.67 bits per heavy atom. The van der Waals surface area contributed by atoms with Crippen molar-refractivity contribution in [2.24, 2.45) is 5.92 Å². The van der Waals surface area contributed by atoms with Gasteiger partial charge in [0.1, 0.15) is 5.82 Å². The molecule has 2 unspecified atom stereocenters. The van der Waals surface area contributed by atoms with E-state index in [4.69, 9.17) is 5.73 Å². The third kappa shape index (κ3) is 3.17. The average Bonchev–Trinajstić information content (AvgIpc) is 2.75. The van der Waals surface area contributed by atoms with Gasteiger partial charge in [0.2, 0.25) is 0 Å². The topological polar surface area (TPSA) is 81.2 Å². The summed E-state index contributed by atoms with van der Waals surface area (Å²) in [6, 6.07) is 0.0847. The van der Waals surface area contributed by atoms with Crippen LogP contribution in [-0.2, 0) is 9.84 Å². The van der Waals surface area contributed by atoms with E-state index in [0.29, 0.717) is 11.7 Å². The third-order valence-corrected chi connectivity index (χ3v) is 5.35. The van der Waals surface area contributed by atoms with Crippen LogP contribution in [-0.4, -0.2) is 37.5 Å². The second-order valence-electron chi connectivity index (χ2n) is 6.21. The Hall–Kier alpha value is -1.24. The minimum atomic E-state index is -3.40. The first-order valence-electron chi connectivity index (χ1n) is 7.58. The summed E-state index contributed by atoms with van der Waals surface area (Å²) in [7, 11) is -3.40. The van der Waals surface area contributed by atoms with Gasteiger partial charge in [-0.15, -0.1) is 0 Å². The smallest absolute Gasteiger partial charge is 0.182 e. The average molecular weight is 314 g/mol. The number of aromatic nitrogens is 2. The molecule has 1 aliphatic heterocycles. The second-order valence-corrected chi connectivity index (χ2v) is 8.16. The van der Waals surface area contributed by atoms with E-state index in [1.165, 1.54) is 12.7 Å². The number of hydrogen-bond donors (Lipinski definition) is 1. The molecule has 2 atom stereocenters. The Kier molecular flexibility index (Phi) is 4.51. The third-order valence-electron chi connectivity index (χ3n) is 4.22. The Morgan fingerprint density at radius 2 is 2.14 bits per heavy atom. The molecular formula is C14H26N4O2S. The molecular weight excluding hydrogens is 288 g/mol. The van der Waals surface area contributed by atoms with Gasteiger partial charge in [-0.05, 0) is 32.1 Å². The largest absolute Gasteiger partial charge is 0.383 e. The molecule has 21 heavy (non-hydrogen) atoms. The second kappa shape index (κ2) is 5.87. The van der Waals surface area contributed by atoms with E-state index < -0.39 is 9.84 Å². The zero-order chi connectivity index (χ0) is 15.8. The van der Waals surface area contributed by atoms with E-state index in [1.807, 2.05) is 13.8 Å². The van der Waals surface area contributed by atoms with Gasteiger partial charge in [0.25, 0.3) is 0 Å². The van der Waals surface area contributed by atoms with Gasteiger partial charge in [-0.3, -0.25) is 0 Å². The van der Waals surface area contributed by atoms with Crippen LogP contribution >= 0.6 is 0 Å². The highest BCUT2D eigenvalue weighted by molar-refractivity contribution is 7.91. The van der Waals surface area contributed by atoms with Crippen LogP contribution in [0.25, 0.3) is 0 Å². The SMILES string of the molecule is CCC(C)n1nc(N2CCCC(C)C2)c(S(C)(=O)=O)c1N. The molecule has 0 radical (unpaired) electrons. The van der Waals surface area contributed by atoms with Crippen molar-refractivity contribution in [2.45, 2.75) is 51.0 Å². The normalized spacial score (nSPS) is 21.5. The molecule has 0 aromatic carbocycles. The summed E-state index contributed by atoms with van der Waals surface area (Å²) in [5.41, 5.74) is 6.10. The molecule has 1 saturated heterocycles. The lowest BCUT2D eigenvalue weighted by Gasteiger charge is -2.31. The predicted octanol–water partition coefficient (Wildman–Crippen LogP) is 2.08. The molecule has 2 rings (SSSR count). The van der Waals surface area contributed by atoms with Crippen molar-refractivity contribution >= 4 is 21.5 Å². The summed E-state index contributed by atoms with van der Waals surface area (Å²) < 4.78 is 26.0. The predicted molar refractivity (Wildman–Crippen MR) is 85.4 cm³/mol. The summed E-state index contributed by atoms with van der Waals surface area (Å²) in [6.07, 6.45) is 4.29. The highest BCUT2D eigenvalue weighted by atomic mass is 32.2. The summed E-state index contributed by atoms with van der Waals surface area (Å²) in [5.74, 6) is 1.34. The number of hydrogen-bond acceptors (Lipinski definition) is 5. The van der Waals surface area contributed by atoms with Gasteiger partial charge in [-0.1, -0.05) is 13.8 Å². The summed E-state index contributed by atoms with van der Waals surface area (Å²) in [5, 5.41) is 4.54. The van der Waals surface area contributed by atoms with Gasteiger partial charge in [-0.25, -0.2) is 13.1 Å². The van der Waals surface area contributed by atoms with Crippen molar-refractivity contribution < 1.29 is 8.42 Å². The number of rotatable bonds is 4. The lowest BCUT2D eigenvalue weighted by molar-refractivity contribution is 0.437. The zero-order valence-corrected chi connectivity index (χ0v) is 14.2. The highest BCUT2D eigenvalue weighted by Gasteiger charge is 2.30. The molecule has 1 aliphatic rings. The lowest BCUT2D eigenvalue weighted by Crippen LogP contribution is -2.35. The summed E-state index contributed by atoms with van der Waals surface area (Å²) in [4.78, 5) is 2.26. The first-order valence-corrected chi connectivity index (χ1v) is 9.47. The maximum atomic E-state index is 12.2. The van der Waals surface area contributed by atoms with E-state index in [1.54, 1.807) is 4.68 Å². The van der Waals surface area contributed by atoms with E-state index >= 15 is 0 Å². The van der Waals surface area contributed by atoms with Gasteiger partial charge >= 0.3 is 0 Å². The first-order chi connectivity index (χ1) is 9.75. The van der Waals surface area contributed by atoms with Crippen molar-refractivity contribution in [1.82, 2.24) is 9.78 Å². The molecule has 0 bridgehead atoms. The van der Waals surface area contributed by atoms with E-state index in [2.05, 4.69) is 16.9 Å². The van der Waals surface area contributed by atoms with Crippen LogP contribution in [0.4, 0.5) is 11.6 Å². The molecule has 0 aliphatic carbocycles. The maximum absolute atomic E-state index is 12.2. The molecule has 6 nitrogen and oxygen atoms in total. The van der Waals surface area contributed by atoms with Crippen LogP contribution in [0.5, 0.6) is 0 Å². The Balaban J connectivity index is 2.53. The Bertz CT molecular complexity index is 609. The van der Waals surface area contributed by atoms with Crippen LogP contribution in [0, 0.1) is 5.92 Å². The molecule has 1 aromatic heterocycles. The van der Waals surface area contributed by atoms with Gasteiger partial charge in [-0.2, -0.15) is 5.10 Å². The molecule has 0 spiro atoms. The zero-order valence-electron chi connectivity index (χ0n) is 13.3. The Morgan fingerprint density at radius 1 is 1.48 bits per heavy atom. The monoisotopic (exact) mass is 314 g/mol. The van der Waals surface area contributed by atoms with Crippen molar-refractivity contribution in [3.63, 3.8) is 0 Å². The fraction of sp³-hybridized carbons (Fsp3) is 0.786. The molecule has 1 aromatic rings. The van der Waals surface area contributed by atoms with Crippen LogP contribution in [0.1, 0.15) is 46.1 Å². The molecule has 0 amide bonds. The molecule has 2 heterocycles. The van der Waals surface area contributed by atoms with Crippen LogP contribution in [0.3, 0.4) is 0 Å². The number of anilines is 2. The van der Waals surface area contributed by atoms with Crippen molar-refractivity contribution in [3.05, 3.63) is 0 Å². The fourth-order valence-corrected chi connectivity index (χ4v) is 3.85. The van der Waals surface area contributed by atoms with Gasteiger partial charge in [0.05, 0.1) is 6.04 Å². The van der Waals surface area contributed by atoms with Crippen LogP contribution in [0.2, 0.25) is 0 Å². The van der Waals surface area contributed by atoms with Gasteiger partial charge in [0, 0.05) is 19.3 Å². The number of nitrogens with two attached hydrogens (primary N) is 1. The maximum Gasteiger partial charge on any atom is 0.182 e. The fourth-order valence-electron chi connectivity index (χ4n) is 2.87. The van der Waals surface area contributed by atoms with Gasteiger partial charge in [0.15, 0.2) is 20.6 Å². The molecule has 120 valence electrons. The van der Waals surface area contributed by atoms with E-state index in [9.17, 15) is 8.42 Å². The van der Waals surface area contributed by atoms with Crippen molar-refractivity contribution in [1.29, 1.82) is 0 Å². The lowest BCUT2D eigenvalue weighted by atomic mass is 10.0. The number of nitrogens with zero attached hydrogens (tertiary/aromatic N) is 3. The minimum absolute atomic E-state index is 0.0847. The minimum Gasteiger partial charge on any atom is -0.383 e. The summed E-state index contributed by atoms with van der Waals surface area (Å²) in [6.45, 7) is 7.89. The molecule has 0 saturated carbocycles. The van der Waals surface area contributed by atoms with E-state index in [-0.39, 0.29) is 16.8 Å². The standard InChI is InChI=1S/C14H26N4O2S/c1-5-11(3)18-13(15)12(21(4,19)20)14(16-18)17-8-6-7-10(2)9-17/h10-11H,5-9,15H2,1-4H3. The molecule has 2 N–H and O–H groups in total. The van der Waals surface area contributed by atoms with Crippen molar-refractivity contribution in [3.8, 4) is 0 Å². The Labute approximate surface area is 127 Å². The number of sulfone groups is 1. The quantitative estimate of drug-likeness (QED) is 0.920. The van der Waals surface area contributed by atoms with Gasteiger partial charge < -0.3 is 10.6 Å². The summed E-state index contributed by atoms with van der Waals surface area (Å²) >= 11 is 0. The van der Waals surface area contributed by atoms with Crippen LogP contribution < -0.4 is 10.6 Å². The molecule has 7 heteroatoms. The molecule has 1 fully saturated rings.